The average molecular weight is 372 g/mol. The van der Waals surface area contributed by atoms with E-state index in [2.05, 4.69) is 21.4 Å². The van der Waals surface area contributed by atoms with Gasteiger partial charge in [-0.1, -0.05) is 39.7 Å². The summed E-state index contributed by atoms with van der Waals surface area (Å²) in [5, 5.41) is 0.647. The van der Waals surface area contributed by atoms with E-state index in [1.807, 2.05) is 36.4 Å². The van der Waals surface area contributed by atoms with Crippen molar-refractivity contribution >= 4 is 27.5 Å². The van der Waals surface area contributed by atoms with Crippen LogP contribution in [0.5, 0.6) is 11.5 Å². The van der Waals surface area contributed by atoms with Crippen LogP contribution in [0.1, 0.15) is 17.2 Å². The number of hydrazine groups is 1. The summed E-state index contributed by atoms with van der Waals surface area (Å²) in [6, 6.07) is 10.8. The third-order valence-corrected chi connectivity index (χ3v) is 4.12. The van der Waals surface area contributed by atoms with Gasteiger partial charge in [0, 0.05) is 9.50 Å². The highest BCUT2D eigenvalue weighted by atomic mass is 79.9. The minimum Gasteiger partial charge on any atom is -0.496 e. The lowest BCUT2D eigenvalue weighted by Gasteiger charge is -2.23. The largest absolute Gasteiger partial charge is 0.496 e. The summed E-state index contributed by atoms with van der Waals surface area (Å²) in [7, 11) is 3.23. The smallest absolute Gasteiger partial charge is 0.127 e. The summed E-state index contributed by atoms with van der Waals surface area (Å²) in [6.45, 7) is 0. The molecule has 2 aromatic rings. The highest BCUT2D eigenvalue weighted by Gasteiger charge is 2.23. The monoisotopic (exact) mass is 370 g/mol. The van der Waals surface area contributed by atoms with Crippen LogP contribution in [0.3, 0.4) is 0 Å². The molecule has 2 rings (SSSR count). The van der Waals surface area contributed by atoms with Crippen LogP contribution in [0, 0.1) is 0 Å². The molecule has 0 saturated heterocycles. The van der Waals surface area contributed by atoms with Gasteiger partial charge in [-0.25, -0.2) is 5.43 Å². The van der Waals surface area contributed by atoms with Gasteiger partial charge in [-0.05, 0) is 29.8 Å². The van der Waals surface area contributed by atoms with Gasteiger partial charge in [-0.15, -0.1) is 0 Å². The highest BCUT2D eigenvalue weighted by Crippen LogP contribution is 2.39. The quantitative estimate of drug-likeness (QED) is 0.622. The Morgan fingerprint density at radius 3 is 2.24 bits per heavy atom. The van der Waals surface area contributed by atoms with Gasteiger partial charge in [-0.2, -0.15) is 0 Å². The summed E-state index contributed by atoms with van der Waals surface area (Å²) >= 11 is 9.51. The van der Waals surface area contributed by atoms with E-state index in [1.54, 1.807) is 14.2 Å². The maximum absolute atomic E-state index is 6.00. The van der Waals surface area contributed by atoms with Crippen LogP contribution in [-0.2, 0) is 0 Å². The zero-order valence-corrected chi connectivity index (χ0v) is 14.0. The second kappa shape index (κ2) is 7.13. The predicted molar refractivity (Wildman–Crippen MR) is 87.9 cm³/mol. The molecule has 0 aromatic heterocycles. The summed E-state index contributed by atoms with van der Waals surface area (Å²) in [4.78, 5) is 0. The van der Waals surface area contributed by atoms with Crippen molar-refractivity contribution in [2.24, 2.45) is 5.84 Å². The molecule has 0 heterocycles. The molecule has 21 heavy (non-hydrogen) atoms. The first-order valence-electron chi connectivity index (χ1n) is 6.24. The molecule has 0 saturated carbocycles. The molecule has 2 aromatic carbocycles. The van der Waals surface area contributed by atoms with Gasteiger partial charge in [0.05, 0.1) is 25.8 Å². The van der Waals surface area contributed by atoms with E-state index < -0.39 is 0 Å². The van der Waals surface area contributed by atoms with Crippen molar-refractivity contribution in [3.63, 3.8) is 0 Å². The number of ether oxygens (including phenoxy) is 2. The highest BCUT2D eigenvalue weighted by molar-refractivity contribution is 9.10. The molecule has 0 amide bonds. The Hall–Kier alpha value is -1.27. The third-order valence-electron chi connectivity index (χ3n) is 3.19. The van der Waals surface area contributed by atoms with E-state index in [-0.39, 0.29) is 6.04 Å². The molecule has 0 bridgehead atoms. The number of nitrogens with two attached hydrogens (primary N) is 1. The standard InChI is InChI=1S/C15H16BrClN2O2/c1-20-12-4-3-5-13(21-2)14(12)15(19-18)10-7-6-9(17)8-11(10)16/h3-8,15,19H,18H2,1-2H3. The van der Waals surface area contributed by atoms with Crippen LogP contribution >= 0.6 is 27.5 Å². The van der Waals surface area contributed by atoms with Crippen LogP contribution in [0.15, 0.2) is 40.9 Å². The number of methoxy groups -OCH3 is 2. The Bertz CT molecular complexity index is 615. The fourth-order valence-corrected chi connectivity index (χ4v) is 3.14. The molecule has 1 unspecified atom stereocenters. The van der Waals surface area contributed by atoms with E-state index in [9.17, 15) is 0 Å². The minimum atomic E-state index is -0.303. The van der Waals surface area contributed by atoms with E-state index in [0.717, 1.165) is 15.6 Å². The minimum absolute atomic E-state index is 0.303. The molecule has 0 aliphatic rings. The first kappa shape index (κ1) is 16.1. The summed E-state index contributed by atoms with van der Waals surface area (Å²) in [6.07, 6.45) is 0. The van der Waals surface area contributed by atoms with Crippen molar-refractivity contribution in [2.45, 2.75) is 6.04 Å². The van der Waals surface area contributed by atoms with Crippen LogP contribution in [0.4, 0.5) is 0 Å². The topological polar surface area (TPSA) is 56.5 Å². The van der Waals surface area contributed by atoms with Gasteiger partial charge in [0.2, 0.25) is 0 Å². The zero-order valence-electron chi connectivity index (χ0n) is 11.7. The Morgan fingerprint density at radius 2 is 1.76 bits per heavy atom. The van der Waals surface area contributed by atoms with Gasteiger partial charge in [0.25, 0.3) is 0 Å². The Labute approximate surface area is 137 Å². The predicted octanol–water partition coefficient (Wildman–Crippen LogP) is 3.67. The zero-order chi connectivity index (χ0) is 15.4. The molecular formula is C15H16BrClN2O2. The number of nitrogens with one attached hydrogen (secondary N) is 1. The Balaban J connectivity index is 2.61. The SMILES string of the molecule is COc1cccc(OC)c1C(NN)c1ccc(Cl)cc1Br. The van der Waals surface area contributed by atoms with Gasteiger partial charge in [0.15, 0.2) is 0 Å². The molecule has 0 aliphatic carbocycles. The molecule has 0 spiro atoms. The lowest BCUT2D eigenvalue weighted by molar-refractivity contribution is 0.377. The fourth-order valence-electron chi connectivity index (χ4n) is 2.23. The second-order valence-corrected chi connectivity index (χ2v) is 5.63. The van der Waals surface area contributed by atoms with Gasteiger partial charge < -0.3 is 9.47 Å². The Kier molecular flexibility index (Phi) is 5.47. The number of hydrogen-bond donors (Lipinski definition) is 2. The average Bonchev–Trinajstić information content (AvgIpc) is 2.49. The molecule has 6 heteroatoms. The van der Waals surface area contributed by atoms with Crippen molar-refractivity contribution in [2.75, 3.05) is 14.2 Å². The molecule has 0 fully saturated rings. The molecule has 0 radical (unpaired) electrons. The first-order valence-corrected chi connectivity index (χ1v) is 7.41. The molecular weight excluding hydrogens is 356 g/mol. The molecule has 4 nitrogen and oxygen atoms in total. The molecule has 3 N–H and O–H groups in total. The molecule has 0 aliphatic heterocycles. The number of hydrogen-bond acceptors (Lipinski definition) is 4. The van der Waals surface area contributed by atoms with Crippen molar-refractivity contribution < 1.29 is 9.47 Å². The lowest BCUT2D eigenvalue weighted by atomic mass is 9.97. The lowest BCUT2D eigenvalue weighted by Crippen LogP contribution is -2.29. The van der Waals surface area contributed by atoms with Gasteiger partial charge >= 0.3 is 0 Å². The number of benzene rings is 2. The van der Waals surface area contributed by atoms with Crippen molar-refractivity contribution in [3.8, 4) is 11.5 Å². The maximum Gasteiger partial charge on any atom is 0.127 e. The van der Waals surface area contributed by atoms with Crippen molar-refractivity contribution in [1.82, 2.24) is 5.43 Å². The maximum atomic E-state index is 6.00. The van der Waals surface area contributed by atoms with Gasteiger partial charge in [0.1, 0.15) is 11.5 Å². The molecule has 1 atom stereocenters. The van der Waals surface area contributed by atoms with Crippen LogP contribution in [0.25, 0.3) is 0 Å². The Morgan fingerprint density at radius 1 is 1.14 bits per heavy atom. The van der Waals surface area contributed by atoms with E-state index in [1.165, 1.54) is 0 Å². The normalized spacial score (nSPS) is 12.0. The second-order valence-electron chi connectivity index (χ2n) is 4.34. The van der Waals surface area contributed by atoms with E-state index in [4.69, 9.17) is 26.9 Å². The van der Waals surface area contributed by atoms with E-state index >= 15 is 0 Å². The fraction of sp³-hybridized carbons (Fsp3) is 0.200. The third kappa shape index (κ3) is 3.32. The van der Waals surface area contributed by atoms with Crippen LogP contribution in [0.2, 0.25) is 5.02 Å². The van der Waals surface area contributed by atoms with Crippen molar-refractivity contribution in [1.29, 1.82) is 0 Å². The summed E-state index contributed by atoms with van der Waals surface area (Å²) in [5.74, 6) is 7.16. The number of rotatable bonds is 5. The summed E-state index contributed by atoms with van der Waals surface area (Å²) < 4.78 is 11.7. The van der Waals surface area contributed by atoms with Crippen molar-refractivity contribution in [3.05, 3.63) is 57.0 Å². The van der Waals surface area contributed by atoms with Crippen LogP contribution in [-0.4, -0.2) is 14.2 Å². The first-order chi connectivity index (χ1) is 10.1. The van der Waals surface area contributed by atoms with E-state index in [0.29, 0.717) is 16.5 Å². The molecule has 112 valence electrons. The summed E-state index contributed by atoms with van der Waals surface area (Å²) in [5.41, 5.74) is 4.57. The van der Waals surface area contributed by atoms with Crippen LogP contribution < -0.4 is 20.7 Å². The van der Waals surface area contributed by atoms with Gasteiger partial charge in [-0.3, -0.25) is 5.84 Å². The number of halogens is 2.